The van der Waals surface area contributed by atoms with Crippen molar-refractivity contribution in [3.63, 3.8) is 0 Å². The molecule has 4 aromatic carbocycles. The van der Waals surface area contributed by atoms with E-state index in [9.17, 15) is 30.0 Å². The minimum Gasteiger partial charge on any atom is -0.507 e. The first-order valence-electron chi connectivity index (χ1n) is 14.9. The van der Waals surface area contributed by atoms with Gasteiger partial charge < -0.3 is 39.6 Å². The highest BCUT2D eigenvalue weighted by Crippen LogP contribution is 2.44. The Morgan fingerprint density at radius 3 is 1.62 bits per heavy atom. The Balaban J connectivity index is 1.78. The topological polar surface area (TPSA) is 159 Å². The molecule has 0 amide bonds. The monoisotopic (exact) mass is 639 g/mol. The highest BCUT2D eigenvalue weighted by molar-refractivity contribution is 5.99. The summed E-state index contributed by atoms with van der Waals surface area (Å²) in [5, 5.41) is 45.1. The molecule has 0 fully saturated rings. The number of aromatic amines is 1. The van der Waals surface area contributed by atoms with Crippen LogP contribution in [0.5, 0.6) is 40.2 Å². The van der Waals surface area contributed by atoms with Gasteiger partial charge in [0.2, 0.25) is 5.75 Å². The Morgan fingerprint density at radius 1 is 0.638 bits per heavy atom. The van der Waals surface area contributed by atoms with Gasteiger partial charge in [-0.2, -0.15) is 0 Å². The third-order valence-electron chi connectivity index (χ3n) is 8.58. The van der Waals surface area contributed by atoms with Gasteiger partial charge in [0, 0.05) is 40.6 Å². The number of phenols is 4. The Kier molecular flexibility index (Phi) is 8.80. The van der Waals surface area contributed by atoms with Crippen LogP contribution in [-0.4, -0.2) is 58.3 Å². The molecular weight excluding hydrogens is 602 g/mol. The van der Waals surface area contributed by atoms with Crippen molar-refractivity contribution < 1.29 is 44.2 Å². The molecule has 47 heavy (non-hydrogen) atoms. The lowest BCUT2D eigenvalue weighted by atomic mass is 9.91. The van der Waals surface area contributed by atoms with Gasteiger partial charge in [0.05, 0.1) is 32.5 Å². The van der Waals surface area contributed by atoms with Crippen molar-refractivity contribution in [3.05, 3.63) is 87.1 Å². The van der Waals surface area contributed by atoms with Crippen LogP contribution < -0.4 is 14.2 Å². The van der Waals surface area contributed by atoms with Gasteiger partial charge in [-0.05, 0) is 91.9 Å². The number of fused-ring (bicyclic) bond motifs is 1. The van der Waals surface area contributed by atoms with Gasteiger partial charge in [-0.3, -0.25) is 9.59 Å². The predicted molar refractivity (Wildman–Crippen MR) is 178 cm³/mol. The molecule has 0 saturated carbocycles. The number of carbonyl (C=O) groups excluding carboxylic acids is 2. The second-order valence-electron chi connectivity index (χ2n) is 11.6. The number of aromatic nitrogens is 1. The lowest BCUT2D eigenvalue weighted by Crippen LogP contribution is -2.03. The fourth-order valence-corrected chi connectivity index (χ4v) is 6.04. The molecule has 10 heteroatoms. The Bertz CT molecular complexity index is 2050. The van der Waals surface area contributed by atoms with Crippen LogP contribution >= 0.6 is 0 Å². The summed E-state index contributed by atoms with van der Waals surface area (Å²) < 4.78 is 16.6. The van der Waals surface area contributed by atoms with E-state index in [0.29, 0.717) is 50.5 Å². The van der Waals surface area contributed by atoms with E-state index in [1.807, 2.05) is 30.3 Å². The number of aromatic hydroxyl groups is 4. The normalized spacial score (nSPS) is 11.1. The third-order valence-corrected chi connectivity index (χ3v) is 8.58. The summed E-state index contributed by atoms with van der Waals surface area (Å²) >= 11 is 0. The molecule has 5 rings (SSSR count). The molecule has 0 aliphatic rings. The molecule has 0 atom stereocenters. The molecule has 0 spiro atoms. The van der Waals surface area contributed by atoms with Gasteiger partial charge in [-0.15, -0.1) is 0 Å². The summed E-state index contributed by atoms with van der Waals surface area (Å²) in [5.74, 6) is -0.315. The van der Waals surface area contributed by atoms with Gasteiger partial charge in [-0.1, -0.05) is 6.07 Å². The predicted octanol–water partition coefficient (Wildman–Crippen LogP) is 6.89. The zero-order chi connectivity index (χ0) is 34.3. The number of rotatable bonds is 10. The maximum Gasteiger partial charge on any atom is 0.203 e. The first kappa shape index (κ1) is 32.7. The number of nitrogens with one attached hydrogen (secondary N) is 1. The molecule has 0 unspecified atom stereocenters. The van der Waals surface area contributed by atoms with E-state index < -0.39 is 0 Å². The summed E-state index contributed by atoms with van der Waals surface area (Å²) in [6.07, 6.45) is -0.0311. The zero-order valence-corrected chi connectivity index (χ0v) is 27.3. The largest absolute Gasteiger partial charge is 0.507 e. The smallest absolute Gasteiger partial charge is 0.203 e. The van der Waals surface area contributed by atoms with E-state index in [-0.39, 0.29) is 69.7 Å². The van der Waals surface area contributed by atoms with Gasteiger partial charge in [0.25, 0.3) is 0 Å². The second kappa shape index (κ2) is 12.6. The highest BCUT2D eigenvalue weighted by atomic mass is 16.5. The quantitative estimate of drug-likeness (QED) is 0.103. The summed E-state index contributed by atoms with van der Waals surface area (Å²) in [5.41, 5.74) is 4.72. The van der Waals surface area contributed by atoms with Crippen molar-refractivity contribution in [2.24, 2.45) is 0 Å². The van der Waals surface area contributed by atoms with E-state index in [2.05, 4.69) is 4.98 Å². The third kappa shape index (κ3) is 5.78. The highest BCUT2D eigenvalue weighted by Gasteiger charge is 2.25. The number of benzene rings is 4. The molecule has 1 heterocycles. The van der Waals surface area contributed by atoms with Crippen molar-refractivity contribution in [1.82, 2.24) is 4.98 Å². The summed E-state index contributed by atoms with van der Waals surface area (Å²) in [6.45, 7) is 5.97. The molecule has 0 saturated heterocycles. The van der Waals surface area contributed by atoms with Gasteiger partial charge in [0.1, 0.15) is 23.0 Å². The molecule has 5 N–H and O–H groups in total. The molecule has 10 nitrogen and oxygen atoms in total. The van der Waals surface area contributed by atoms with Crippen LogP contribution in [0, 0.1) is 13.8 Å². The Labute approximate surface area is 271 Å². The molecule has 1 aromatic heterocycles. The fraction of sp³-hybridized carbons (Fsp3) is 0.243. The average molecular weight is 640 g/mol. The number of carbonyl (C=O) groups is 2. The molecule has 0 aliphatic carbocycles. The van der Waals surface area contributed by atoms with Gasteiger partial charge >= 0.3 is 0 Å². The minimum atomic E-state index is -0.359. The van der Waals surface area contributed by atoms with E-state index in [1.54, 1.807) is 13.8 Å². The van der Waals surface area contributed by atoms with Gasteiger partial charge in [0.15, 0.2) is 23.1 Å². The maximum absolute atomic E-state index is 12.4. The van der Waals surface area contributed by atoms with Crippen LogP contribution in [0.3, 0.4) is 0 Å². The number of aryl methyl sites for hydroxylation is 2. The Hall–Kier alpha value is -5.64. The molecular formula is C37H37NO9. The molecule has 0 bridgehead atoms. The number of methoxy groups -OCH3 is 3. The maximum atomic E-state index is 12.4. The van der Waals surface area contributed by atoms with Crippen LogP contribution in [0.2, 0.25) is 0 Å². The number of Topliss-reactive ketones (excluding diaryl/α,β-unsaturated/α-hetero) is 2. The minimum absolute atomic E-state index is 0.0133. The molecule has 0 radical (unpaired) electrons. The second-order valence-corrected chi connectivity index (χ2v) is 11.6. The van der Waals surface area contributed by atoms with Crippen LogP contribution in [0.4, 0.5) is 0 Å². The summed E-state index contributed by atoms with van der Waals surface area (Å²) in [6, 6.07) is 12.2. The lowest BCUT2D eigenvalue weighted by Gasteiger charge is -2.16. The first-order valence-corrected chi connectivity index (χ1v) is 14.9. The SMILES string of the molecule is COc1cc(-c2ccc3[nH]c(Cc4c(O)c(C)cc(C(C)=O)c4O)c(Cc4c(O)c(C)cc(C(C)=O)c4O)c3c2)cc(OC)c1OC. The van der Waals surface area contributed by atoms with E-state index >= 15 is 0 Å². The van der Waals surface area contributed by atoms with Gasteiger partial charge in [-0.25, -0.2) is 0 Å². The molecule has 5 aromatic rings. The van der Waals surface area contributed by atoms with Crippen molar-refractivity contribution in [1.29, 1.82) is 0 Å². The standard InChI is InChI=1S/C37H37NO9/c1-17-10-23(19(3)39)35(43)27(33(17)41)15-26-25-12-21(22-13-31(45-5)37(47-7)32(14-22)46-6)8-9-29(25)38-30(26)16-28-34(42)18(2)11-24(20(4)40)36(28)44/h8-14,38,41-44H,15-16H2,1-7H3. The molecule has 0 aliphatic heterocycles. The number of phenolic OH excluding ortho intramolecular Hbond substituents is 4. The van der Waals surface area contributed by atoms with Crippen molar-refractivity contribution in [2.45, 2.75) is 40.5 Å². The van der Waals surface area contributed by atoms with E-state index in [1.165, 1.54) is 47.3 Å². The number of hydrogen-bond acceptors (Lipinski definition) is 9. The number of ketones is 2. The van der Waals surface area contributed by atoms with Crippen molar-refractivity contribution in [3.8, 4) is 51.4 Å². The van der Waals surface area contributed by atoms with Crippen LogP contribution in [-0.2, 0) is 12.8 Å². The number of hydrogen-bond donors (Lipinski definition) is 5. The average Bonchev–Trinajstić information content (AvgIpc) is 3.39. The molecule has 244 valence electrons. The van der Waals surface area contributed by atoms with Crippen molar-refractivity contribution >= 4 is 22.5 Å². The van der Waals surface area contributed by atoms with Crippen molar-refractivity contribution in [2.75, 3.05) is 21.3 Å². The number of ether oxygens (including phenoxy) is 3. The fourth-order valence-electron chi connectivity index (χ4n) is 6.04. The summed E-state index contributed by atoms with van der Waals surface area (Å²) in [4.78, 5) is 28.1. The van der Waals surface area contributed by atoms with Crippen LogP contribution in [0.15, 0.2) is 42.5 Å². The zero-order valence-electron chi connectivity index (χ0n) is 27.3. The van der Waals surface area contributed by atoms with Crippen LogP contribution in [0.1, 0.15) is 68.1 Å². The number of H-pyrrole nitrogens is 1. The summed E-state index contributed by atoms with van der Waals surface area (Å²) in [7, 11) is 4.59. The van der Waals surface area contributed by atoms with E-state index in [4.69, 9.17) is 14.2 Å². The van der Waals surface area contributed by atoms with Crippen LogP contribution in [0.25, 0.3) is 22.0 Å². The lowest BCUT2D eigenvalue weighted by molar-refractivity contribution is 0.100. The first-order chi connectivity index (χ1) is 22.3. The van der Waals surface area contributed by atoms with E-state index in [0.717, 1.165) is 11.1 Å². The Morgan fingerprint density at radius 2 is 1.15 bits per heavy atom.